The Bertz CT molecular complexity index is 681. The highest BCUT2D eigenvalue weighted by atomic mass is 16.6. The number of carbonyl (C=O) groups excluding carboxylic acids is 3. The van der Waals surface area contributed by atoms with E-state index in [1.165, 1.54) is 18.2 Å². The molecule has 0 spiro atoms. The summed E-state index contributed by atoms with van der Waals surface area (Å²) in [5.74, 6) is -2.62. The maximum absolute atomic E-state index is 12.4. The predicted octanol–water partition coefficient (Wildman–Crippen LogP) is 1.76. The number of ketones is 1. The highest BCUT2D eigenvalue weighted by Gasteiger charge is 2.57. The molecule has 24 heavy (non-hydrogen) atoms. The van der Waals surface area contributed by atoms with E-state index in [1.54, 1.807) is 6.07 Å². The smallest absolute Gasteiger partial charge is 0.323 e. The van der Waals surface area contributed by atoms with Crippen LogP contribution in [0.5, 0.6) is 0 Å². The minimum Gasteiger partial charge on any atom is -0.468 e. The molecule has 1 aromatic rings. The summed E-state index contributed by atoms with van der Waals surface area (Å²) in [6.45, 7) is 0. The van der Waals surface area contributed by atoms with Crippen LogP contribution in [0.1, 0.15) is 30.7 Å². The molecule has 1 saturated carbocycles. The van der Waals surface area contributed by atoms with E-state index in [9.17, 15) is 24.5 Å². The van der Waals surface area contributed by atoms with E-state index < -0.39 is 28.2 Å². The third-order valence-corrected chi connectivity index (χ3v) is 4.41. The Morgan fingerprint density at radius 2 is 1.88 bits per heavy atom. The molecule has 8 heteroatoms. The van der Waals surface area contributed by atoms with E-state index in [0.717, 1.165) is 14.2 Å². The molecule has 1 aliphatic rings. The quantitative estimate of drug-likeness (QED) is 0.356. The highest BCUT2D eigenvalue weighted by Crippen LogP contribution is 2.48. The second-order valence-corrected chi connectivity index (χ2v) is 5.60. The lowest BCUT2D eigenvalue weighted by atomic mass is 9.63. The van der Waals surface area contributed by atoms with Gasteiger partial charge in [-0.15, -0.1) is 0 Å². The summed E-state index contributed by atoms with van der Waals surface area (Å²) in [5.41, 5.74) is -1.52. The van der Waals surface area contributed by atoms with E-state index >= 15 is 0 Å². The predicted molar refractivity (Wildman–Crippen MR) is 81.2 cm³/mol. The van der Waals surface area contributed by atoms with Crippen LogP contribution in [-0.2, 0) is 23.9 Å². The second kappa shape index (κ2) is 6.77. The molecule has 1 fully saturated rings. The van der Waals surface area contributed by atoms with Gasteiger partial charge in [0.2, 0.25) is 0 Å². The van der Waals surface area contributed by atoms with Crippen molar-refractivity contribution in [1.29, 1.82) is 0 Å². The molecule has 0 heterocycles. The fraction of sp³-hybridized carbons (Fsp3) is 0.438. The van der Waals surface area contributed by atoms with Gasteiger partial charge in [0.1, 0.15) is 5.78 Å². The molecule has 0 bridgehead atoms. The number of rotatable bonds is 4. The topological polar surface area (TPSA) is 113 Å². The van der Waals surface area contributed by atoms with E-state index in [0.29, 0.717) is 5.56 Å². The van der Waals surface area contributed by atoms with Gasteiger partial charge in [-0.05, 0) is 12.0 Å². The third-order valence-electron chi connectivity index (χ3n) is 4.41. The summed E-state index contributed by atoms with van der Waals surface area (Å²) in [6, 6.07) is 5.57. The number of Topliss-reactive ketones (excluding diaryl/α,β-unsaturated/α-hetero) is 1. The lowest BCUT2D eigenvalue weighted by molar-refractivity contribution is -0.385. The van der Waals surface area contributed by atoms with Crippen molar-refractivity contribution in [2.45, 2.75) is 25.2 Å². The Kier molecular flexibility index (Phi) is 4.96. The zero-order chi connectivity index (χ0) is 17.9. The lowest BCUT2D eigenvalue weighted by Crippen LogP contribution is -2.49. The number of ether oxygens (including phenoxy) is 2. The van der Waals surface area contributed by atoms with Crippen molar-refractivity contribution in [3.63, 3.8) is 0 Å². The SMILES string of the molecule is COC(=O)C1(C(=O)OC)CCC(=O)CC1c1cccc([N+](=O)[O-])c1. The van der Waals surface area contributed by atoms with Gasteiger partial charge in [-0.2, -0.15) is 0 Å². The molecule has 0 aliphatic heterocycles. The summed E-state index contributed by atoms with van der Waals surface area (Å²) in [4.78, 5) is 47.2. The first-order valence-corrected chi connectivity index (χ1v) is 7.29. The van der Waals surface area contributed by atoms with Crippen LogP contribution in [0.4, 0.5) is 5.69 Å². The average Bonchev–Trinajstić information content (AvgIpc) is 2.60. The number of methoxy groups -OCH3 is 2. The maximum Gasteiger partial charge on any atom is 0.323 e. The first-order chi connectivity index (χ1) is 11.4. The summed E-state index contributed by atoms with van der Waals surface area (Å²) in [6.07, 6.45) is -0.112. The molecule has 0 amide bonds. The first kappa shape index (κ1) is 17.6. The minimum absolute atomic E-state index is 0.0373. The van der Waals surface area contributed by atoms with Gasteiger partial charge in [0.15, 0.2) is 5.41 Å². The normalized spacial score (nSPS) is 19.4. The molecule has 1 unspecified atom stereocenters. The highest BCUT2D eigenvalue weighted by molar-refractivity contribution is 6.03. The number of hydrogen-bond acceptors (Lipinski definition) is 7. The molecule has 0 saturated heterocycles. The molecule has 8 nitrogen and oxygen atoms in total. The van der Waals surface area contributed by atoms with Crippen molar-refractivity contribution in [3.05, 3.63) is 39.9 Å². The first-order valence-electron chi connectivity index (χ1n) is 7.29. The number of nitro benzene ring substituents is 1. The number of benzene rings is 1. The van der Waals surface area contributed by atoms with Crippen LogP contribution < -0.4 is 0 Å². The van der Waals surface area contributed by atoms with Crippen LogP contribution in [0.3, 0.4) is 0 Å². The van der Waals surface area contributed by atoms with Gasteiger partial charge < -0.3 is 9.47 Å². The number of nitro groups is 1. The van der Waals surface area contributed by atoms with Crippen molar-refractivity contribution >= 4 is 23.4 Å². The van der Waals surface area contributed by atoms with Gasteiger partial charge in [-0.3, -0.25) is 24.5 Å². The standard InChI is InChI=1S/C16H17NO7/c1-23-14(19)16(15(20)24-2)7-6-12(18)9-13(16)10-4-3-5-11(8-10)17(21)22/h3-5,8,13H,6-7,9H2,1-2H3. The molecule has 1 atom stereocenters. The zero-order valence-electron chi connectivity index (χ0n) is 13.3. The van der Waals surface area contributed by atoms with E-state index in [-0.39, 0.29) is 30.7 Å². The van der Waals surface area contributed by atoms with Gasteiger partial charge >= 0.3 is 11.9 Å². The van der Waals surface area contributed by atoms with Crippen LogP contribution in [0.15, 0.2) is 24.3 Å². The van der Waals surface area contributed by atoms with Gasteiger partial charge in [0.05, 0.1) is 19.1 Å². The third kappa shape index (κ3) is 2.86. The van der Waals surface area contributed by atoms with Crippen LogP contribution in [0.25, 0.3) is 0 Å². The largest absolute Gasteiger partial charge is 0.468 e. The molecule has 1 aromatic carbocycles. The van der Waals surface area contributed by atoms with Crippen LogP contribution in [-0.4, -0.2) is 36.9 Å². The van der Waals surface area contributed by atoms with Gasteiger partial charge in [-0.1, -0.05) is 12.1 Å². The molecule has 0 N–H and O–H groups in total. The number of esters is 2. The summed E-state index contributed by atoms with van der Waals surface area (Å²) < 4.78 is 9.59. The summed E-state index contributed by atoms with van der Waals surface area (Å²) >= 11 is 0. The van der Waals surface area contributed by atoms with Crippen molar-refractivity contribution in [3.8, 4) is 0 Å². The fourth-order valence-corrected chi connectivity index (χ4v) is 3.21. The second-order valence-electron chi connectivity index (χ2n) is 5.60. The van der Waals surface area contributed by atoms with E-state index in [1.807, 2.05) is 0 Å². The van der Waals surface area contributed by atoms with Crippen molar-refractivity contribution in [1.82, 2.24) is 0 Å². The molecular weight excluding hydrogens is 318 g/mol. The maximum atomic E-state index is 12.4. The molecule has 1 aliphatic carbocycles. The number of nitrogens with zero attached hydrogens (tertiary/aromatic N) is 1. The Balaban J connectivity index is 2.61. The zero-order valence-corrected chi connectivity index (χ0v) is 13.3. The fourth-order valence-electron chi connectivity index (χ4n) is 3.21. The average molecular weight is 335 g/mol. The Labute approximate surface area is 137 Å². The molecule has 0 aromatic heterocycles. The molecule has 2 rings (SSSR count). The van der Waals surface area contributed by atoms with Gasteiger partial charge in [0, 0.05) is 30.9 Å². The molecule has 128 valence electrons. The number of non-ortho nitro benzene ring substituents is 1. The van der Waals surface area contributed by atoms with Crippen molar-refractivity contribution < 1.29 is 28.8 Å². The van der Waals surface area contributed by atoms with Crippen LogP contribution in [0, 0.1) is 15.5 Å². The van der Waals surface area contributed by atoms with Crippen LogP contribution in [0.2, 0.25) is 0 Å². The lowest BCUT2D eigenvalue weighted by Gasteiger charge is -2.38. The number of carbonyl (C=O) groups is 3. The molecule has 0 radical (unpaired) electrons. The summed E-state index contributed by atoms with van der Waals surface area (Å²) in [5, 5.41) is 11.0. The van der Waals surface area contributed by atoms with Gasteiger partial charge in [0.25, 0.3) is 5.69 Å². The number of hydrogen-bond donors (Lipinski definition) is 0. The molecular formula is C16H17NO7. The van der Waals surface area contributed by atoms with Crippen LogP contribution >= 0.6 is 0 Å². The Hall–Kier alpha value is -2.77. The summed E-state index contributed by atoms with van der Waals surface area (Å²) in [7, 11) is 2.29. The van der Waals surface area contributed by atoms with Crippen molar-refractivity contribution in [2.75, 3.05) is 14.2 Å². The minimum atomic E-state index is -1.69. The monoisotopic (exact) mass is 335 g/mol. The Morgan fingerprint density at radius 3 is 2.42 bits per heavy atom. The van der Waals surface area contributed by atoms with E-state index in [4.69, 9.17) is 9.47 Å². The van der Waals surface area contributed by atoms with E-state index in [2.05, 4.69) is 0 Å². The Morgan fingerprint density at radius 1 is 1.25 bits per heavy atom. The van der Waals surface area contributed by atoms with Gasteiger partial charge in [-0.25, -0.2) is 0 Å². The van der Waals surface area contributed by atoms with Crippen molar-refractivity contribution in [2.24, 2.45) is 5.41 Å².